The lowest BCUT2D eigenvalue weighted by Gasteiger charge is -2.26. The molecule has 25 heavy (non-hydrogen) atoms. The van der Waals surface area contributed by atoms with Crippen LogP contribution in [0.3, 0.4) is 0 Å². The van der Waals surface area contributed by atoms with E-state index in [0.29, 0.717) is 16.7 Å². The van der Waals surface area contributed by atoms with Crippen molar-refractivity contribution in [3.63, 3.8) is 0 Å². The molecule has 1 aromatic carbocycles. The van der Waals surface area contributed by atoms with Gasteiger partial charge in [-0.1, -0.05) is 12.1 Å². The number of nitrogens with two attached hydrogens (primary N) is 2. The molecule has 0 saturated heterocycles. The van der Waals surface area contributed by atoms with E-state index < -0.39 is 6.04 Å². The van der Waals surface area contributed by atoms with Crippen molar-refractivity contribution in [1.29, 1.82) is 10.5 Å². The largest absolute Gasteiger partial charge is 0.397 e. The molecule has 2 heterocycles. The zero-order valence-electron chi connectivity index (χ0n) is 13.1. The van der Waals surface area contributed by atoms with Crippen molar-refractivity contribution >= 4 is 23.3 Å². The predicted molar refractivity (Wildman–Crippen MR) is 90.6 cm³/mol. The Hall–Kier alpha value is -3.85. The number of fused-ring (bicyclic) bond motifs is 1. The Labute approximate surface area is 142 Å². The summed E-state index contributed by atoms with van der Waals surface area (Å²) in [5.74, 6) is 0.0589. The monoisotopic (exact) mass is 336 g/mol. The molecule has 1 aliphatic rings. The minimum atomic E-state index is -0.674. The maximum Gasteiger partial charge on any atom is 0.211 e. The molecule has 3 rings (SSSR count). The number of rotatable bonds is 1. The minimum absolute atomic E-state index is 0.0292. The molecule has 1 aromatic heterocycles. The van der Waals surface area contributed by atoms with E-state index in [1.54, 1.807) is 25.2 Å². The van der Waals surface area contributed by atoms with E-state index in [0.717, 1.165) is 0 Å². The summed E-state index contributed by atoms with van der Waals surface area (Å²) in [7, 11) is 0. The average molecular weight is 336 g/mol. The maximum absolute atomic E-state index is 13.6. The first-order valence-electron chi connectivity index (χ1n) is 7.21. The summed E-state index contributed by atoms with van der Waals surface area (Å²) in [5.41, 5.74) is 13.6. The molecule has 2 aromatic rings. The number of aryl methyl sites for hydroxylation is 1. The predicted octanol–water partition coefficient (Wildman–Crippen LogP) is 1.51. The minimum Gasteiger partial charge on any atom is -0.397 e. The number of nitrogen functional groups attached to an aromatic ring is 2. The highest BCUT2D eigenvalue weighted by atomic mass is 19.1. The maximum atomic E-state index is 13.6. The third-order valence-corrected chi connectivity index (χ3v) is 3.86. The van der Waals surface area contributed by atoms with Crippen molar-refractivity contribution in [3.05, 3.63) is 46.3 Å². The van der Waals surface area contributed by atoms with Gasteiger partial charge < -0.3 is 16.8 Å². The van der Waals surface area contributed by atoms with Crippen LogP contribution in [0.15, 0.2) is 23.2 Å². The molecule has 1 atom stereocenters. The number of hydrogen-bond acceptors (Lipinski definition) is 8. The molecule has 0 radical (unpaired) electrons. The van der Waals surface area contributed by atoms with Crippen LogP contribution in [0.1, 0.15) is 28.3 Å². The molecule has 0 saturated carbocycles. The second-order valence-electron chi connectivity index (χ2n) is 5.41. The number of guanidine groups is 1. The molecule has 0 fully saturated rings. The molecule has 9 heteroatoms. The summed E-state index contributed by atoms with van der Waals surface area (Å²) >= 11 is 0. The van der Waals surface area contributed by atoms with Crippen molar-refractivity contribution < 1.29 is 4.39 Å². The topological polar surface area (TPSA) is 149 Å². The normalized spacial score (nSPS) is 15.2. The van der Waals surface area contributed by atoms with E-state index in [4.69, 9.17) is 16.7 Å². The van der Waals surface area contributed by atoms with Crippen molar-refractivity contribution in [1.82, 2.24) is 10.3 Å². The lowest BCUT2D eigenvalue weighted by atomic mass is 9.94. The highest BCUT2D eigenvalue weighted by Gasteiger charge is 2.29. The number of aliphatic imine (C=N–C) groups is 1. The number of nitrogens with zero attached hydrogens (tertiary/aromatic N) is 4. The summed E-state index contributed by atoms with van der Waals surface area (Å²) in [6.45, 7) is 1.63. The third kappa shape index (κ3) is 2.64. The number of benzene rings is 1. The summed E-state index contributed by atoms with van der Waals surface area (Å²) in [6, 6.07) is 5.77. The molecule has 0 spiro atoms. The standard InChI is InChI=1S/C16H13FN8/c1-7-4-8(2-3-10(7)17)13-11-12(20)9(5-18)14(21)24-15(11)25-16(23-13)22-6-19/h2-4,13H,1H3,(H6,20,21,22,23,24,25). The summed E-state index contributed by atoms with van der Waals surface area (Å²) in [6.07, 6.45) is 1.77. The van der Waals surface area contributed by atoms with Crippen LogP contribution < -0.4 is 22.1 Å². The van der Waals surface area contributed by atoms with Crippen LogP contribution in [-0.4, -0.2) is 10.9 Å². The van der Waals surface area contributed by atoms with Gasteiger partial charge >= 0.3 is 0 Å². The zero-order valence-corrected chi connectivity index (χ0v) is 13.1. The second kappa shape index (κ2) is 5.98. The number of aromatic nitrogens is 1. The van der Waals surface area contributed by atoms with Crippen molar-refractivity contribution in [2.45, 2.75) is 13.0 Å². The van der Waals surface area contributed by atoms with Crippen LogP contribution in [0, 0.1) is 35.5 Å². The van der Waals surface area contributed by atoms with Crippen LogP contribution in [0.4, 0.5) is 21.7 Å². The number of pyridine rings is 1. The molecule has 0 bridgehead atoms. The Bertz CT molecular complexity index is 983. The van der Waals surface area contributed by atoms with Crippen LogP contribution in [0.25, 0.3) is 0 Å². The lowest BCUT2D eigenvalue weighted by Crippen LogP contribution is -2.32. The Balaban J connectivity index is 2.25. The average Bonchev–Trinajstić information content (AvgIpc) is 2.57. The van der Waals surface area contributed by atoms with E-state index in [9.17, 15) is 9.65 Å². The van der Waals surface area contributed by atoms with Gasteiger partial charge in [-0.15, -0.1) is 0 Å². The van der Waals surface area contributed by atoms with Crippen LogP contribution in [-0.2, 0) is 0 Å². The van der Waals surface area contributed by atoms with E-state index in [1.165, 1.54) is 6.07 Å². The quantitative estimate of drug-likeness (QED) is 0.455. The first-order valence-corrected chi connectivity index (χ1v) is 7.21. The highest BCUT2D eigenvalue weighted by Crippen LogP contribution is 2.40. The lowest BCUT2D eigenvalue weighted by molar-refractivity contribution is 0.617. The van der Waals surface area contributed by atoms with Gasteiger partial charge in [0, 0.05) is 5.56 Å². The zero-order chi connectivity index (χ0) is 18.1. The number of nitrogens with one attached hydrogen (secondary N) is 2. The molecule has 0 aliphatic carbocycles. The van der Waals surface area contributed by atoms with Gasteiger partial charge in [-0.2, -0.15) is 10.5 Å². The highest BCUT2D eigenvalue weighted by molar-refractivity contribution is 5.98. The van der Waals surface area contributed by atoms with Gasteiger partial charge in [0.2, 0.25) is 5.96 Å². The van der Waals surface area contributed by atoms with Crippen molar-refractivity contribution in [2.24, 2.45) is 4.99 Å². The molecule has 8 nitrogen and oxygen atoms in total. The Kier molecular flexibility index (Phi) is 3.83. The third-order valence-electron chi connectivity index (χ3n) is 3.86. The number of anilines is 3. The molecule has 0 amide bonds. The Morgan fingerprint density at radius 2 is 2.08 bits per heavy atom. The molecule has 124 valence electrons. The van der Waals surface area contributed by atoms with E-state index in [1.807, 2.05) is 6.07 Å². The fraction of sp³-hybridized carbons (Fsp3) is 0.125. The van der Waals surface area contributed by atoms with Gasteiger partial charge in [0.05, 0.1) is 5.69 Å². The smallest absolute Gasteiger partial charge is 0.211 e. The van der Waals surface area contributed by atoms with Gasteiger partial charge in [-0.25, -0.2) is 14.4 Å². The molecular formula is C16H13FN8. The SMILES string of the molecule is Cc1cc(C2N=C(NC#N)Nc3nc(N)c(C#N)c(N)c32)ccc1F. The van der Waals surface area contributed by atoms with E-state index in [-0.39, 0.29) is 34.7 Å². The molecular weight excluding hydrogens is 323 g/mol. The van der Waals surface area contributed by atoms with Crippen molar-refractivity contribution in [2.75, 3.05) is 16.8 Å². The first-order chi connectivity index (χ1) is 12.0. The van der Waals surface area contributed by atoms with Crippen molar-refractivity contribution in [3.8, 4) is 12.3 Å². The fourth-order valence-electron chi connectivity index (χ4n) is 2.66. The van der Waals surface area contributed by atoms with Gasteiger partial charge in [0.15, 0.2) is 6.19 Å². The van der Waals surface area contributed by atoms with Gasteiger partial charge in [-0.05, 0) is 24.1 Å². The van der Waals surface area contributed by atoms with Gasteiger partial charge in [0.25, 0.3) is 0 Å². The summed E-state index contributed by atoms with van der Waals surface area (Å²) in [5, 5.41) is 23.3. The summed E-state index contributed by atoms with van der Waals surface area (Å²) in [4.78, 5) is 8.55. The van der Waals surface area contributed by atoms with Gasteiger partial charge in [0.1, 0.15) is 35.1 Å². The Morgan fingerprint density at radius 3 is 2.72 bits per heavy atom. The van der Waals surface area contributed by atoms with Gasteiger partial charge in [-0.3, -0.25) is 5.32 Å². The van der Waals surface area contributed by atoms with Crippen LogP contribution in [0.2, 0.25) is 0 Å². The van der Waals surface area contributed by atoms with E-state index in [2.05, 4.69) is 20.6 Å². The molecule has 1 aliphatic heterocycles. The number of halogens is 1. The number of hydrogen-bond donors (Lipinski definition) is 4. The van der Waals surface area contributed by atoms with Crippen LogP contribution >= 0.6 is 0 Å². The fourth-order valence-corrected chi connectivity index (χ4v) is 2.66. The molecule has 6 N–H and O–H groups in total. The van der Waals surface area contributed by atoms with E-state index >= 15 is 0 Å². The number of nitriles is 2. The van der Waals surface area contributed by atoms with Crippen LogP contribution in [0.5, 0.6) is 0 Å². The summed E-state index contributed by atoms with van der Waals surface area (Å²) < 4.78 is 13.6. The first kappa shape index (κ1) is 16.0. The molecule has 1 unspecified atom stereocenters. The second-order valence-corrected chi connectivity index (χ2v) is 5.41. The Morgan fingerprint density at radius 1 is 1.32 bits per heavy atom.